The molecule has 0 saturated heterocycles. The van der Waals surface area contributed by atoms with Gasteiger partial charge in [0.25, 0.3) is 5.91 Å². The SMILES string of the molecule is C#CN(C(=O)C(CCC(N)=O)NC(=O)OC(C)(C)C)C(C(=O)NCCCC)c1cccc(C=C)c1. The van der Waals surface area contributed by atoms with Crippen molar-refractivity contribution in [3.8, 4) is 12.5 Å². The van der Waals surface area contributed by atoms with Gasteiger partial charge in [0.05, 0.1) is 0 Å². The van der Waals surface area contributed by atoms with E-state index in [0.717, 1.165) is 23.3 Å². The summed E-state index contributed by atoms with van der Waals surface area (Å²) in [6.07, 6.45) is 7.76. The van der Waals surface area contributed by atoms with Crippen molar-refractivity contribution >= 4 is 29.9 Å². The summed E-state index contributed by atoms with van der Waals surface area (Å²) in [6.45, 7) is 11.1. The van der Waals surface area contributed by atoms with Crippen molar-refractivity contribution < 1.29 is 23.9 Å². The van der Waals surface area contributed by atoms with Crippen molar-refractivity contribution in [1.29, 1.82) is 0 Å². The molecule has 0 bridgehead atoms. The summed E-state index contributed by atoms with van der Waals surface area (Å²) in [5, 5.41) is 5.27. The molecule has 0 spiro atoms. The predicted octanol–water partition coefficient (Wildman–Crippen LogP) is 2.87. The number of unbranched alkanes of at least 4 members (excludes halogenated alkanes) is 1. The van der Waals surface area contributed by atoms with Crippen LogP contribution in [0.3, 0.4) is 0 Å². The lowest BCUT2D eigenvalue weighted by molar-refractivity contribution is -0.138. The normalized spacial score (nSPS) is 12.4. The van der Waals surface area contributed by atoms with Crippen molar-refractivity contribution in [2.45, 2.75) is 71.1 Å². The summed E-state index contributed by atoms with van der Waals surface area (Å²) >= 11 is 0. The van der Waals surface area contributed by atoms with Gasteiger partial charge in [0.15, 0.2) is 0 Å². The van der Waals surface area contributed by atoms with E-state index in [-0.39, 0.29) is 12.8 Å². The number of nitrogens with two attached hydrogens (primary N) is 1. The van der Waals surface area contributed by atoms with Gasteiger partial charge in [-0.1, -0.05) is 50.6 Å². The summed E-state index contributed by atoms with van der Waals surface area (Å²) in [5.74, 6) is -1.88. The average Bonchev–Trinajstić information content (AvgIpc) is 2.78. The minimum Gasteiger partial charge on any atom is -0.444 e. The van der Waals surface area contributed by atoms with Gasteiger partial charge < -0.3 is 21.1 Å². The highest BCUT2D eigenvalue weighted by Gasteiger charge is 2.36. The van der Waals surface area contributed by atoms with Crippen LogP contribution in [0.1, 0.15) is 70.5 Å². The Hall–Kier alpha value is -3.80. The molecule has 1 aromatic rings. The number of carbonyl (C=O) groups is 4. The number of carbonyl (C=O) groups excluding carboxylic acids is 4. The molecule has 0 aliphatic rings. The second kappa shape index (κ2) is 13.8. The first-order chi connectivity index (χ1) is 16.4. The van der Waals surface area contributed by atoms with Gasteiger partial charge in [0.2, 0.25) is 11.8 Å². The first-order valence-electron chi connectivity index (χ1n) is 11.5. The molecule has 0 aliphatic carbocycles. The molecule has 0 fully saturated rings. The van der Waals surface area contributed by atoms with E-state index < -0.39 is 41.5 Å². The molecular weight excluding hydrogens is 448 g/mol. The number of nitrogens with zero attached hydrogens (tertiary/aromatic N) is 1. The maximum absolute atomic E-state index is 13.6. The molecule has 0 saturated carbocycles. The van der Waals surface area contributed by atoms with Gasteiger partial charge in [-0.05, 0) is 50.8 Å². The molecule has 35 heavy (non-hydrogen) atoms. The van der Waals surface area contributed by atoms with Crippen LogP contribution in [0.15, 0.2) is 30.8 Å². The molecule has 1 aromatic carbocycles. The molecule has 190 valence electrons. The van der Waals surface area contributed by atoms with Crippen molar-refractivity contribution in [2.24, 2.45) is 5.73 Å². The molecule has 0 aliphatic heterocycles. The molecule has 2 atom stereocenters. The Kier molecular flexibility index (Phi) is 11.5. The van der Waals surface area contributed by atoms with Crippen LogP contribution >= 0.6 is 0 Å². The summed E-state index contributed by atoms with van der Waals surface area (Å²) in [6, 6.07) is 6.76. The van der Waals surface area contributed by atoms with Crippen LogP contribution in [-0.4, -0.2) is 46.9 Å². The van der Waals surface area contributed by atoms with E-state index in [2.05, 4.69) is 23.3 Å². The van der Waals surface area contributed by atoms with Crippen molar-refractivity contribution in [3.05, 3.63) is 42.0 Å². The van der Waals surface area contributed by atoms with Gasteiger partial charge >= 0.3 is 6.09 Å². The van der Waals surface area contributed by atoms with E-state index >= 15 is 0 Å². The van der Waals surface area contributed by atoms with Gasteiger partial charge in [0.1, 0.15) is 17.7 Å². The van der Waals surface area contributed by atoms with Crippen LogP contribution in [-0.2, 0) is 19.1 Å². The minimum absolute atomic E-state index is 0.123. The third-order valence-corrected chi connectivity index (χ3v) is 4.84. The lowest BCUT2D eigenvalue weighted by atomic mass is 10.00. The second-order valence-electron chi connectivity index (χ2n) is 8.96. The summed E-state index contributed by atoms with van der Waals surface area (Å²) < 4.78 is 5.25. The van der Waals surface area contributed by atoms with Gasteiger partial charge in [0, 0.05) is 19.0 Å². The number of primary amides is 1. The Morgan fingerprint density at radius 2 is 1.97 bits per heavy atom. The molecule has 0 heterocycles. The number of benzene rings is 1. The molecule has 1 rings (SSSR count). The van der Waals surface area contributed by atoms with Gasteiger partial charge in [-0.15, -0.1) is 0 Å². The van der Waals surface area contributed by atoms with E-state index in [9.17, 15) is 19.2 Å². The number of alkyl carbamates (subject to hydrolysis) is 1. The van der Waals surface area contributed by atoms with Crippen LogP contribution in [0.5, 0.6) is 0 Å². The maximum atomic E-state index is 13.6. The minimum atomic E-state index is -1.25. The van der Waals surface area contributed by atoms with Crippen LogP contribution < -0.4 is 16.4 Å². The molecule has 9 nitrogen and oxygen atoms in total. The molecule has 9 heteroatoms. The van der Waals surface area contributed by atoms with E-state index in [1.54, 1.807) is 51.1 Å². The van der Waals surface area contributed by atoms with Crippen LogP contribution in [0.4, 0.5) is 4.79 Å². The molecule has 4 amide bonds. The number of hydrogen-bond acceptors (Lipinski definition) is 5. The largest absolute Gasteiger partial charge is 0.444 e. The van der Waals surface area contributed by atoms with Crippen molar-refractivity contribution in [1.82, 2.24) is 15.5 Å². The Balaban J connectivity index is 3.38. The fourth-order valence-electron chi connectivity index (χ4n) is 3.19. The molecule has 2 unspecified atom stereocenters. The quantitative estimate of drug-likeness (QED) is 0.239. The van der Waals surface area contributed by atoms with Crippen molar-refractivity contribution in [3.63, 3.8) is 0 Å². The van der Waals surface area contributed by atoms with Crippen LogP contribution in [0.25, 0.3) is 6.08 Å². The summed E-state index contributed by atoms with van der Waals surface area (Å²) in [5.41, 5.74) is 5.64. The van der Waals surface area contributed by atoms with Crippen molar-refractivity contribution in [2.75, 3.05) is 6.54 Å². The lowest BCUT2D eigenvalue weighted by Crippen LogP contribution is -2.51. The average molecular weight is 485 g/mol. The lowest BCUT2D eigenvalue weighted by Gasteiger charge is -2.30. The number of nitrogens with one attached hydrogen (secondary N) is 2. The van der Waals surface area contributed by atoms with E-state index in [0.29, 0.717) is 12.1 Å². The van der Waals surface area contributed by atoms with Gasteiger partial charge in [-0.25, -0.2) is 4.79 Å². The fraction of sp³-hybridized carbons (Fsp3) is 0.462. The fourth-order valence-corrected chi connectivity index (χ4v) is 3.19. The van der Waals surface area contributed by atoms with Gasteiger partial charge in [-0.2, -0.15) is 0 Å². The zero-order valence-electron chi connectivity index (χ0n) is 20.9. The summed E-state index contributed by atoms with van der Waals surface area (Å²) in [7, 11) is 0. The third-order valence-electron chi connectivity index (χ3n) is 4.84. The van der Waals surface area contributed by atoms with E-state index in [1.165, 1.54) is 0 Å². The monoisotopic (exact) mass is 484 g/mol. The zero-order valence-corrected chi connectivity index (χ0v) is 20.9. The smallest absolute Gasteiger partial charge is 0.408 e. The first-order valence-corrected chi connectivity index (χ1v) is 11.5. The Morgan fingerprint density at radius 1 is 1.29 bits per heavy atom. The first kappa shape index (κ1) is 29.2. The number of rotatable bonds is 12. The summed E-state index contributed by atoms with van der Waals surface area (Å²) in [4.78, 5) is 51.5. The predicted molar refractivity (Wildman–Crippen MR) is 134 cm³/mol. The maximum Gasteiger partial charge on any atom is 0.408 e. The number of ether oxygens (including phenoxy) is 1. The highest BCUT2D eigenvalue weighted by molar-refractivity contribution is 5.93. The van der Waals surface area contributed by atoms with Gasteiger partial charge in [-0.3, -0.25) is 19.3 Å². The highest BCUT2D eigenvalue weighted by Crippen LogP contribution is 2.24. The Morgan fingerprint density at radius 3 is 2.51 bits per heavy atom. The number of amides is 4. The Labute approximate surface area is 207 Å². The molecule has 4 N–H and O–H groups in total. The number of terminal acetylenes is 1. The topological polar surface area (TPSA) is 131 Å². The Bertz CT molecular complexity index is 961. The zero-order chi connectivity index (χ0) is 26.6. The number of hydrogen-bond donors (Lipinski definition) is 3. The molecule has 0 aromatic heterocycles. The standard InChI is InChI=1S/C26H36N4O5/c1-7-10-16-28-23(32)22(19-13-11-12-18(8-2)17-19)30(9-3)24(33)20(14-15-21(27)31)29-25(34)35-26(4,5)6/h3,8,11-13,17,20,22H,2,7,10,14-16H2,1,4-6H3,(H2,27,31)(H,28,32)(H,29,34). The van der Waals surface area contributed by atoms with E-state index in [4.69, 9.17) is 16.9 Å². The third kappa shape index (κ3) is 9.92. The molecule has 0 radical (unpaired) electrons. The van der Waals surface area contributed by atoms with E-state index in [1.807, 2.05) is 6.92 Å². The van der Waals surface area contributed by atoms with Crippen LogP contribution in [0, 0.1) is 12.5 Å². The second-order valence-corrected chi connectivity index (χ2v) is 8.96. The molecular formula is C26H36N4O5. The van der Waals surface area contributed by atoms with Crippen LogP contribution in [0.2, 0.25) is 0 Å². The highest BCUT2D eigenvalue weighted by atomic mass is 16.6.